The average Bonchev–Trinajstić information content (AvgIpc) is 3.02. The van der Waals surface area contributed by atoms with E-state index in [0.717, 1.165) is 29.8 Å². The number of aromatic nitrogens is 1. The molecule has 1 heterocycles. The Morgan fingerprint density at radius 3 is 2.40 bits per heavy atom. The summed E-state index contributed by atoms with van der Waals surface area (Å²) in [6.45, 7) is 7.41. The third-order valence-corrected chi connectivity index (χ3v) is 6.13. The first-order chi connectivity index (χ1) is 11.9. The zero-order valence-electron chi connectivity index (χ0n) is 15.2. The first-order valence-electron chi connectivity index (χ1n) is 8.77. The van der Waals surface area contributed by atoms with Crippen LogP contribution in [0.3, 0.4) is 0 Å². The van der Waals surface area contributed by atoms with Crippen molar-refractivity contribution in [3.8, 4) is 0 Å². The summed E-state index contributed by atoms with van der Waals surface area (Å²) in [6.07, 6.45) is 3.31. The van der Waals surface area contributed by atoms with Crippen LogP contribution in [0.5, 0.6) is 0 Å². The number of nitrogens with zero attached hydrogens (tertiary/aromatic N) is 1. The normalized spacial score (nSPS) is 15.7. The van der Waals surface area contributed by atoms with Crippen LogP contribution in [0.4, 0.5) is 0 Å². The Bertz CT molecular complexity index is 931. The average molecular weight is 353 g/mol. The van der Waals surface area contributed by atoms with E-state index < -0.39 is 0 Å². The van der Waals surface area contributed by atoms with Gasteiger partial charge in [0.2, 0.25) is 0 Å². The van der Waals surface area contributed by atoms with Gasteiger partial charge in [-0.25, -0.2) is 4.98 Å². The molecule has 0 N–H and O–H groups in total. The number of carbonyl (C=O) groups is 2. The van der Waals surface area contributed by atoms with Crippen LogP contribution in [0.15, 0.2) is 40.5 Å². The summed E-state index contributed by atoms with van der Waals surface area (Å²) in [6, 6.07) is 6.45. The summed E-state index contributed by atoms with van der Waals surface area (Å²) < 4.78 is 1.21. The van der Waals surface area contributed by atoms with E-state index >= 15 is 0 Å². The molecule has 130 valence electrons. The van der Waals surface area contributed by atoms with E-state index in [1.165, 1.54) is 10.3 Å². The number of ketones is 2. The fourth-order valence-electron chi connectivity index (χ4n) is 3.22. The Kier molecular flexibility index (Phi) is 5.00. The van der Waals surface area contributed by atoms with Gasteiger partial charge >= 0.3 is 0 Å². The molecule has 3 rings (SSSR count). The third-order valence-electron chi connectivity index (χ3n) is 5.03. The number of hydrogen-bond acceptors (Lipinski definition) is 4. The lowest BCUT2D eigenvalue weighted by atomic mass is 9.84. The number of Topliss-reactive ketones (excluding diaryl/α,β-unsaturated/α-hetero) is 2. The largest absolute Gasteiger partial charge is 0.289 e. The first kappa shape index (κ1) is 17.7. The molecule has 0 fully saturated rings. The van der Waals surface area contributed by atoms with Gasteiger partial charge in [-0.05, 0) is 64.2 Å². The molecule has 0 atom stereocenters. The molecule has 4 heteroatoms. The SMILES string of the molecule is CCc1ccc2sc(CCCC3=C(C)C(=O)C(C)=C(C)C3=O)nc2c1. The highest BCUT2D eigenvalue weighted by Crippen LogP contribution is 2.29. The fraction of sp³-hybridized carbons (Fsp3) is 0.381. The van der Waals surface area contributed by atoms with Crippen molar-refractivity contribution in [1.82, 2.24) is 4.98 Å². The van der Waals surface area contributed by atoms with E-state index in [2.05, 4.69) is 25.1 Å². The van der Waals surface area contributed by atoms with Crippen molar-refractivity contribution in [3.05, 3.63) is 51.1 Å². The molecule has 0 aliphatic heterocycles. The Balaban J connectivity index is 1.71. The van der Waals surface area contributed by atoms with Crippen LogP contribution in [-0.2, 0) is 22.4 Å². The minimum absolute atomic E-state index is 0.0131. The summed E-state index contributed by atoms with van der Waals surface area (Å²) in [5.41, 5.74) is 4.84. The molecule has 0 radical (unpaired) electrons. The molecule has 1 aromatic carbocycles. The monoisotopic (exact) mass is 353 g/mol. The van der Waals surface area contributed by atoms with Crippen molar-refractivity contribution >= 4 is 33.1 Å². The highest BCUT2D eigenvalue weighted by molar-refractivity contribution is 7.18. The molecule has 3 nitrogen and oxygen atoms in total. The number of aryl methyl sites for hydroxylation is 2. The number of allylic oxidation sites excluding steroid dienone is 4. The second-order valence-electron chi connectivity index (χ2n) is 6.63. The van der Waals surface area contributed by atoms with Crippen molar-refractivity contribution in [2.24, 2.45) is 0 Å². The molecular weight excluding hydrogens is 330 g/mol. The van der Waals surface area contributed by atoms with Gasteiger partial charge in [0.1, 0.15) is 0 Å². The summed E-state index contributed by atoms with van der Waals surface area (Å²) >= 11 is 1.72. The Morgan fingerprint density at radius 2 is 1.68 bits per heavy atom. The van der Waals surface area contributed by atoms with Crippen molar-refractivity contribution in [1.29, 1.82) is 0 Å². The maximum atomic E-state index is 12.5. The lowest BCUT2D eigenvalue weighted by Crippen LogP contribution is -2.20. The Hall–Kier alpha value is -2.07. The summed E-state index contributed by atoms with van der Waals surface area (Å²) in [5.74, 6) is 0.0469. The topological polar surface area (TPSA) is 47.0 Å². The number of thiazole rings is 1. The van der Waals surface area contributed by atoms with Crippen molar-refractivity contribution in [3.63, 3.8) is 0 Å². The maximum absolute atomic E-state index is 12.5. The molecule has 0 unspecified atom stereocenters. The zero-order chi connectivity index (χ0) is 18.1. The predicted molar refractivity (Wildman–Crippen MR) is 103 cm³/mol. The minimum atomic E-state index is 0.0131. The Morgan fingerprint density at radius 1 is 0.960 bits per heavy atom. The van der Waals surface area contributed by atoms with Gasteiger partial charge in [-0.3, -0.25) is 9.59 Å². The molecule has 0 bridgehead atoms. The van der Waals surface area contributed by atoms with Crippen LogP contribution in [-0.4, -0.2) is 16.6 Å². The van der Waals surface area contributed by atoms with Gasteiger partial charge in [0.25, 0.3) is 0 Å². The third kappa shape index (κ3) is 3.36. The number of hydrogen-bond donors (Lipinski definition) is 0. The summed E-state index contributed by atoms with van der Waals surface area (Å²) in [4.78, 5) is 29.4. The lowest BCUT2D eigenvalue weighted by Gasteiger charge is -2.18. The van der Waals surface area contributed by atoms with Gasteiger partial charge in [0.15, 0.2) is 11.6 Å². The van der Waals surface area contributed by atoms with Gasteiger partial charge < -0.3 is 0 Å². The Labute approximate surface area is 152 Å². The van der Waals surface area contributed by atoms with E-state index in [9.17, 15) is 9.59 Å². The molecule has 25 heavy (non-hydrogen) atoms. The molecule has 0 spiro atoms. The smallest absolute Gasteiger partial charge is 0.185 e. The first-order valence-corrected chi connectivity index (χ1v) is 9.59. The lowest BCUT2D eigenvalue weighted by molar-refractivity contribution is -0.116. The number of benzene rings is 1. The molecule has 1 aliphatic rings. The van der Waals surface area contributed by atoms with E-state index in [-0.39, 0.29) is 11.6 Å². The number of carbonyl (C=O) groups excluding carboxylic acids is 2. The van der Waals surface area contributed by atoms with E-state index in [0.29, 0.717) is 28.7 Å². The number of fused-ring (bicyclic) bond motifs is 1. The highest BCUT2D eigenvalue weighted by atomic mass is 32.1. The van der Waals surface area contributed by atoms with Gasteiger partial charge in [-0.1, -0.05) is 13.0 Å². The molecule has 1 aliphatic carbocycles. The van der Waals surface area contributed by atoms with Crippen LogP contribution in [0, 0.1) is 0 Å². The van der Waals surface area contributed by atoms with E-state index in [1.807, 2.05) is 0 Å². The van der Waals surface area contributed by atoms with Crippen LogP contribution in [0.1, 0.15) is 51.1 Å². The van der Waals surface area contributed by atoms with Gasteiger partial charge in [0, 0.05) is 22.3 Å². The highest BCUT2D eigenvalue weighted by Gasteiger charge is 2.27. The fourth-order valence-corrected chi connectivity index (χ4v) is 4.21. The molecule has 1 aromatic heterocycles. The zero-order valence-corrected chi connectivity index (χ0v) is 16.0. The van der Waals surface area contributed by atoms with E-state index in [1.54, 1.807) is 32.1 Å². The summed E-state index contributed by atoms with van der Waals surface area (Å²) in [7, 11) is 0. The van der Waals surface area contributed by atoms with Crippen molar-refractivity contribution < 1.29 is 9.59 Å². The van der Waals surface area contributed by atoms with Gasteiger partial charge in [-0.2, -0.15) is 0 Å². The van der Waals surface area contributed by atoms with Crippen LogP contribution in [0.25, 0.3) is 10.2 Å². The standard InChI is InChI=1S/C21H23NO2S/c1-5-15-9-10-18-17(11-15)22-19(25-18)8-6-7-16-14(4)20(23)12(2)13(3)21(16)24/h9-11H,5-8H2,1-4H3. The molecule has 0 saturated carbocycles. The van der Waals surface area contributed by atoms with Gasteiger partial charge in [0.05, 0.1) is 15.2 Å². The summed E-state index contributed by atoms with van der Waals surface area (Å²) in [5, 5.41) is 1.10. The van der Waals surface area contributed by atoms with Crippen molar-refractivity contribution in [2.45, 2.75) is 53.4 Å². The van der Waals surface area contributed by atoms with Gasteiger partial charge in [-0.15, -0.1) is 11.3 Å². The van der Waals surface area contributed by atoms with Crippen molar-refractivity contribution in [2.75, 3.05) is 0 Å². The predicted octanol–water partition coefficient (Wildman–Crippen LogP) is 4.99. The van der Waals surface area contributed by atoms with Crippen LogP contribution < -0.4 is 0 Å². The van der Waals surface area contributed by atoms with Crippen LogP contribution in [0.2, 0.25) is 0 Å². The number of rotatable bonds is 5. The second-order valence-corrected chi connectivity index (χ2v) is 7.74. The molecule has 2 aromatic rings. The molecule has 0 saturated heterocycles. The minimum Gasteiger partial charge on any atom is -0.289 e. The van der Waals surface area contributed by atoms with Crippen LogP contribution >= 0.6 is 11.3 Å². The maximum Gasteiger partial charge on any atom is 0.185 e. The van der Waals surface area contributed by atoms with E-state index in [4.69, 9.17) is 4.98 Å². The molecule has 0 amide bonds. The second kappa shape index (κ2) is 7.04. The quantitative estimate of drug-likeness (QED) is 0.712. The molecular formula is C21H23NO2S.